The van der Waals surface area contributed by atoms with E-state index in [0.717, 1.165) is 31.6 Å². The highest BCUT2D eigenvalue weighted by Gasteiger charge is 2.05. The lowest BCUT2D eigenvalue weighted by molar-refractivity contribution is 0.684. The molecular weight excluding hydrogens is 244 g/mol. The van der Waals surface area contributed by atoms with Gasteiger partial charge in [-0.15, -0.1) is 11.3 Å². The minimum atomic E-state index is 0.898. The van der Waals surface area contributed by atoms with Crippen LogP contribution in [0, 0.1) is 6.92 Å². The van der Waals surface area contributed by atoms with Crippen molar-refractivity contribution >= 4 is 11.3 Å². The molecule has 0 bridgehead atoms. The maximum Gasteiger partial charge on any atom is 0.0797 e. The Kier molecular flexibility index (Phi) is 4.49. The van der Waals surface area contributed by atoms with Crippen molar-refractivity contribution in [2.45, 2.75) is 33.2 Å². The smallest absolute Gasteiger partial charge is 0.0797 e. The molecule has 18 heavy (non-hydrogen) atoms. The number of nitrogens with zero attached hydrogens (tertiary/aromatic N) is 3. The quantitative estimate of drug-likeness (QED) is 0.812. The number of hydrogen-bond donors (Lipinski definition) is 1. The minimum Gasteiger partial charge on any atom is -0.312 e. The zero-order chi connectivity index (χ0) is 13.0. The standard InChI is InChI=1S/C13H20N4S/c1-4-12-11(8-17(3)16-12)7-14-6-5-13-10(2)15-9-18-13/h8-9,14H,4-7H2,1-3H3. The molecule has 5 heteroatoms. The van der Waals surface area contributed by atoms with E-state index in [1.165, 1.54) is 16.1 Å². The molecule has 2 aromatic heterocycles. The van der Waals surface area contributed by atoms with Gasteiger partial charge in [-0.3, -0.25) is 4.68 Å². The minimum absolute atomic E-state index is 0.898. The number of thiazole rings is 1. The van der Waals surface area contributed by atoms with Crippen LogP contribution in [-0.4, -0.2) is 21.3 Å². The van der Waals surface area contributed by atoms with Gasteiger partial charge in [-0.2, -0.15) is 5.10 Å². The molecular formula is C13H20N4S. The molecule has 0 atom stereocenters. The molecule has 2 heterocycles. The molecule has 0 aliphatic heterocycles. The normalized spacial score (nSPS) is 11.1. The topological polar surface area (TPSA) is 42.7 Å². The van der Waals surface area contributed by atoms with Crippen molar-refractivity contribution in [3.63, 3.8) is 0 Å². The second-order valence-electron chi connectivity index (χ2n) is 4.42. The molecule has 0 fully saturated rings. The Labute approximate surface area is 112 Å². The van der Waals surface area contributed by atoms with Gasteiger partial charge in [0.05, 0.1) is 16.9 Å². The van der Waals surface area contributed by atoms with E-state index in [1.54, 1.807) is 11.3 Å². The van der Waals surface area contributed by atoms with Gasteiger partial charge in [-0.1, -0.05) is 6.92 Å². The van der Waals surface area contributed by atoms with E-state index >= 15 is 0 Å². The third kappa shape index (κ3) is 3.17. The lowest BCUT2D eigenvalue weighted by atomic mass is 10.2. The van der Waals surface area contributed by atoms with Crippen LogP contribution in [0.5, 0.6) is 0 Å². The highest BCUT2D eigenvalue weighted by atomic mass is 32.1. The van der Waals surface area contributed by atoms with Crippen LogP contribution >= 0.6 is 11.3 Å². The zero-order valence-corrected chi connectivity index (χ0v) is 12.0. The van der Waals surface area contributed by atoms with Gasteiger partial charge in [0.1, 0.15) is 0 Å². The van der Waals surface area contributed by atoms with Gasteiger partial charge in [-0.25, -0.2) is 4.98 Å². The number of hydrogen-bond acceptors (Lipinski definition) is 4. The number of aromatic nitrogens is 3. The van der Waals surface area contributed by atoms with Gasteiger partial charge < -0.3 is 5.32 Å². The molecule has 1 N–H and O–H groups in total. The van der Waals surface area contributed by atoms with Crippen LogP contribution in [0.4, 0.5) is 0 Å². The van der Waals surface area contributed by atoms with Crippen LogP contribution in [0.25, 0.3) is 0 Å². The van der Waals surface area contributed by atoms with Crippen LogP contribution in [-0.2, 0) is 26.4 Å². The number of nitrogens with one attached hydrogen (secondary N) is 1. The summed E-state index contributed by atoms with van der Waals surface area (Å²) in [6.45, 7) is 6.10. The lowest BCUT2D eigenvalue weighted by Gasteiger charge is -2.03. The first kappa shape index (κ1) is 13.2. The molecule has 0 aliphatic rings. The van der Waals surface area contributed by atoms with E-state index < -0.39 is 0 Å². The number of aryl methyl sites for hydroxylation is 3. The van der Waals surface area contributed by atoms with Crippen LogP contribution in [0.15, 0.2) is 11.7 Å². The first-order chi connectivity index (χ1) is 8.70. The molecule has 0 saturated carbocycles. The van der Waals surface area contributed by atoms with Crippen LogP contribution in [0.3, 0.4) is 0 Å². The summed E-state index contributed by atoms with van der Waals surface area (Å²) in [5.41, 5.74) is 5.58. The van der Waals surface area contributed by atoms with E-state index in [1.807, 2.05) is 17.2 Å². The van der Waals surface area contributed by atoms with Crippen LogP contribution in [0.2, 0.25) is 0 Å². The highest BCUT2D eigenvalue weighted by Crippen LogP contribution is 2.12. The van der Waals surface area contributed by atoms with E-state index in [2.05, 4.69) is 35.4 Å². The largest absolute Gasteiger partial charge is 0.312 e. The summed E-state index contributed by atoms with van der Waals surface area (Å²) >= 11 is 1.74. The molecule has 0 aromatic carbocycles. The Morgan fingerprint density at radius 3 is 2.94 bits per heavy atom. The molecule has 0 aliphatic carbocycles. The fourth-order valence-electron chi connectivity index (χ4n) is 2.02. The summed E-state index contributed by atoms with van der Waals surface area (Å²) < 4.78 is 1.89. The predicted octanol–water partition coefficient (Wildman–Crippen LogP) is 2.08. The summed E-state index contributed by atoms with van der Waals surface area (Å²) in [5, 5.41) is 7.92. The van der Waals surface area contributed by atoms with Crippen molar-refractivity contribution in [2.24, 2.45) is 7.05 Å². The summed E-state index contributed by atoms with van der Waals surface area (Å²) in [6.07, 6.45) is 4.15. The van der Waals surface area contributed by atoms with Crippen molar-refractivity contribution < 1.29 is 0 Å². The first-order valence-corrected chi connectivity index (χ1v) is 7.19. The van der Waals surface area contributed by atoms with Crippen molar-refractivity contribution in [1.29, 1.82) is 0 Å². The van der Waals surface area contributed by atoms with Gasteiger partial charge in [0.2, 0.25) is 0 Å². The highest BCUT2D eigenvalue weighted by molar-refractivity contribution is 7.09. The van der Waals surface area contributed by atoms with Crippen molar-refractivity contribution in [3.8, 4) is 0 Å². The molecule has 2 rings (SSSR count). The Hall–Kier alpha value is -1.20. The third-order valence-corrected chi connectivity index (χ3v) is 4.01. The predicted molar refractivity (Wildman–Crippen MR) is 74.8 cm³/mol. The van der Waals surface area contributed by atoms with Gasteiger partial charge in [-0.05, 0) is 19.8 Å². The molecule has 98 valence electrons. The summed E-state index contributed by atoms with van der Waals surface area (Å²) in [4.78, 5) is 5.64. The van der Waals surface area contributed by atoms with E-state index in [0.29, 0.717) is 0 Å². The Morgan fingerprint density at radius 1 is 1.44 bits per heavy atom. The van der Waals surface area contributed by atoms with E-state index in [4.69, 9.17) is 0 Å². The van der Waals surface area contributed by atoms with E-state index in [-0.39, 0.29) is 0 Å². The summed E-state index contributed by atoms with van der Waals surface area (Å²) in [7, 11) is 1.98. The maximum absolute atomic E-state index is 4.44. The molecule has 0 saturated heterocycles. The molecule has 0 amide bonds. The lowest BCUT2D eigenvalue weighted by Crippen LogP contribution is -2.17. The fraction of sp³-hybridized carbons (Fsp3) is 0.538. The van der Waals surface area contributed by atoms with Gasteiger partial charge >= 0.3 is 0 Å². The van der Waals surface area contributed by atoms with Crippen molar-refractivity contribution in [2.75, 3.05) is 6.54 Å². The second-order valence-corrected chi connectivity index (χ2v) is 5.36. The Balaban J connectivity index is 1.80. The van der Waals surface area contributed by atoms with Crippen molar-refractivity contribution in [1.82, 2.24) is 20.1 Å². The molecule has 0 unspecified atom stereocenters. The van der Waals surface area contributed by atoms with Crippen molar-refractivity contribution in [3.05, 3.63) is 33.5 Å². The molecule has 0 spiro atoms. The average molecular weight is 264 g/mol. The fourth-order valence-corrected chi connectivity index (χ4v) is 2.80. The first-order valence-electron chi connectivity index (χ1n) is 6.31. The van der Waals surface area contributed by atoms with Gasteiger partial charge in [0.25, 0.3) is 0 Å². The SMILES string of the molecule is CCc1nn(C)cc1CNCCc1scnc1C. The maximum atomic E-state index is 4.44. The molecule has 0 radical (unpaired) electrons. The number of rotatable bonds is 6. The molecule has 2 aromatic rings. The van der Waals surface area contributed by atoms with Crippen LogP contribution < -0.4 is 5.32 Å². The third-order valence-electron chi connectivity index (χ3n) is 3.02. The Bertz CT molecular complexity index is 501. The second kappa shape index (κ2) is 6.11. The monoisotopic (exact) mass is 264 g/mol. The van der Waals surface area contributed by atoms with Gasteiger partial charge in [0.15, 0.2) is 0 Å². The summed E-state index contributed by atoms with van der Waals surface area (Å²) in [5.74, 6) is 0. The van der Waals surface area contributed by atoms with Gasteiger partial charge in [0, 0.05) is 36.8 Å². The Morgan fingerprint density at radius 2 is 2.28 bits per heavy atom. The van der Waals surface area contributed by atoms with Crippen LogP contribution in [0.1, 0.15) is 28.8 Å². The van der Waals surface area contributed by atoms with E-state index in [9.17, 15) is 0 Å². The average Bonchev–Trinajstić information content (AvgIpc) is 2.91. The zero-order valence-electron chi connectivity index (χ0n) is 11.2. The summed E-state index contributed by atoms with van der Waals surface area (Å²) in [6, 6.07) is 0. The molecule has 4 nitrogen and oxygen atoms in total.